The van der Waals surface area contributed by atoms with Crippen molar-refractivity contribution in [1.82, 2.24) is 0 Å². The molecule has 0 saturated heterocycles. The predicted octanol–water partition coefficient (Wildman–Crippen LogP) is 6.67. The van der Waals surface area contributed by atoms with Crippen molar-refractivity contribution in [3.05, 3.63) is 62.8 Å². The van der Waals surface area contributed by atoms with Gasteiger partial charge in [0.2, 0.25) is 0 Å². The maximum absolute atomic E-state index is 14.0. The fourth-order valence-electron chi connectivity index (χ4n) is 3.13. The van der Waals surface area contributed by atoms with Crippen molar-refractivity contribution < 1.29 is 13.9 Å². The lowest BCUT2D eigenvalue weighted by atomic mass is 9.91. The van der Waals surface area contributed by atoms with Gasteiger partial charge in [0.25, 0.3) is 0 Å². The molecule has 0 spiro atoms. The Morgan fingerprint density at radius 1 is 1.27 bits per heavy atom. The van der Waals surface area contributed by atoms with E-state index in [0.717, 1.165) is 11.1 Å². The highest BCUT2D eigenvalue weighted by Crippen LogP contribution is 2.41. The summed E-state index contributed by atoms with van der Waals surface area (Å²) in [7, 11) is 0. The summed E-state index contributed by atoms with van der Waals surface area (Å²) in [4.78, 5) is 14.6. The van der Waals surface area contributed by atoms with Crippen LogP contribution < -0.4 is 4.90 Å². The predicted molar refractivity (Wildman–Crippen MR) is 105 cm³/mol. The molecule has 0 radical (unpaired) electrons. The van der Waals surface area contributed by atoms with Crippen LogP contribution in [0.3, 0.4) is 0 Å². The Kier molecular flexibility index (Phi) is 5.31. The average molecular weight is 441 g/mol. The maximum Gasteiger partial charge on any atom is 0.415 e. The zero-order chi connectivity index (χ0) is 19.1. The summed E-state index contributed by atoms with van der Waals surface area (Å²) in [6, 6.07) is 10.4. The van der Waals surface area contributed by atoms with E-state index in [1.807, 2.05) is 32.9 Å². The van der Waals surface area contributed by atoms with Gasteiger partial charge in [-0.25, -0.2) is 9.18 Å². The van der Waals surface area contributed by atoms with Crippen LogP contribution in [0.15, 0.2) is 40.9 Å². The third-order valence-corrected chi connectivity index (χ3v) is 5.08. The number of amides is 1. The van der Waals surface area contributed by atoms with Crippen LogP contribution in [0.4, 0.5) is 14.9 Å². The number of aryl methyl sites for hydroxylation is 1. The van der Waals surface area contributed by atoms with Gasteiger partial charge < -0.3 is 4.74 Å². The molecule has 3 rings (SSSR count). The lowest BCUT2D eigenvalue weighted by molar-refractivity contribution is 0.0560. The summed E-state index contributed by atoms with van der Waals surface area (Å²) in [5.41, 5.74) is 1.79. The summed E-state index contributed by atoms with van der Waals surface area (Å²) in [6.07, 6.45) is 0.901. The summed E-state index contributed by atoms with van der Waals surface area (Å²) < 4.78 is 19.9. The molecule has 1 atom stereocenters. The highest BCUT2D eigenvalue weighted by Gasteiger charge is 2.35. The Morgan fingerprint density at radius 3 is 2.54 bits per heavy atom. The largest absolute Gasteiger partial charge is 0.443 e. The van der Waals surface area contributed by atoms with E-state index in [1.165, 1.54) is 6.07 Å². The van der Waals surface area contributed by atoms with Crippen LogP contribution in [0.5, 0.6) is 0 Å². The highest BCUT2D eigenvalue weighted by atomic mass is 79.9. The van der Waals surface area contributed by atoms with E-state index in [0.29, 0.717) is 28.0 Å². The second-order valence-corrected chi connectivity index (χ2v) is 8.64. The first-order valence-corrected chi connectivity index (χ1v) is 9.58. The summed E-state index contributed by atoms with van der Waals surface area (Å²) >= 11 is 9.23. The van der Waals surface area contributed by atoms with E-state index in [1.54, 1.807) is 23.1 Å². The topological polar surface area (TPSA) is 29.5 Å². The van der Waals surface area contributed by atoms with Crippen LogP contribution in [-0.2, 0) is 11.2 Å². The number of carbonyl (C=O) groups is 1. The van der Waals surface area contributed by atoms with Crippen molar-refractivity contribution in [2.75, 3.05) is 4.90 Å². The monoisotopic (exact) mass is 439 g/mol. The van der Waals surface area contributed by atoms with Gasteiger partial charge in [0.1, 0.15) is 11.4 Å². The van der Waals surface area contributed by atoms with Crippen LogP contribution in [0.25, 0.3) is 0 Å². The van der Waals surface area contributed by atoms with E-state index in [-0.39, 0.29) is 11.9 Å². The van der Waals surface area contributed by atoms with Gasteiger partial charge in [-0.05, 0) is 84.9 Å². The Bertz CT molecular complexity index is 833. The number of benzene rings is 2. The van der Waals surface area contributed by atoms with Crippen LogP contribution in [0.2, 0.25) is 5.02 Å². The third-order valence-electron chi connectivity index (χ3n) is 4.22. The minimum Gasteiger partial charge on any atom is -0.443 e. The number of fused-ring (bicyclic) bond motifs is 1. The number of ether oxygens (including phenoxy) is 1. The molecule has 1 heterocycles. The second-order valence-electron chi connectivity index (χ2n) is 7.35. The molecule has 26 heavy (non-hydrogen) atoms. The fourth-order valence-corrected chi connectivity index (χ4v) is 3.59. The molecule has 0 aliphatic carbocycles. The molecule has 0 aromatic heterocycles. The highest BCUT2D eigenvalue weighted by molar-refractivity contribution is 9.10. The third kappa shape index (κ3) is 4.04. The molecule has 0 N–H and O–H groups in total. The standard InChI is InChI=1S/C20H20BrClFNO2/c1-20(2,3)26-19(25)24-17(12-4-7-14(22)8-5-12)9-6-13-10-16(23)15(21)11-18(13)24/h4-5,7-8,10-11,17H,6,9H2,1-3H3. The van der Waals surface area contributed by atoms with Gasteiger partial charge in [-0.2, -0.15) is 0 Å². The zero-order valence-electron chi connectivity index (χ0n) is 14.9. The molecular formula is C20H20BrClFNO2. The van der Waals surface area contributed by atoms with Crippen molar-refractivity contribution in [2.24, 2.45) is 0 Å². The van der Waals surface area contributed by atoms with E-state index >= 15 is 0 Å². The first-order chi connectivity index (χ1) is 12.2. The Hall–Kier alpha value is -1.59. The van der Waals surface area contributed by atoms with E-state index in [9.17, 15) is 9.18 Å². The molecule has 1 amide bonds. The number of rotatable bonds is 1. The van der Waals surface area contributed by atoms with E-state index < -0.39 is 11.7 Å². The SMILES string of the molecule is CC(C)(C)OC(=O)N1c2cc(Br)c(F)cc2CCC1c1ccc(Cl)cc1. The van der Waals surface area contributed by atoms with Gasteiger partial charge in [-0.3, -0.25) is 4.90 Å². The minimum absolute atomic E-state index is 0.202. The zero-order valence-corrected chi connectivity index (χ0v) is 17.2. The number of anilines is 1. The van der Waals surface area contributed by atoms with Crippen molar-refractivity contribution in [3.63, 3.8) is 0 Å². The molecule has 0 bridgehead atoms. The van der Waals surface area contributed by atoms with Crippen molar-refractivity contribution in [2.45, 2.75) is 45.3 Å². The second kappa shape index (κ2) is 7.20. The quantitative estimate of drug-likeness (QED) is 0.495. The average Bonchev–Trinajstić information content (AvgIpc) is 2.54. The molecule has 2 aromatic carbocycles. The summed E-state index contributed by atoms with van der Waals surface area (Å²) in [6.45, 7) is 5.48. The molecular weight excluding hydrogens is 421 g/mol. The molecule has 0 saturated carbocycles. The molecule has 6 heteroatoms. The Morgan fingerprint density at radius 2 is 1.92 bits per heavy atom. The first kappa shape index (κ1) is 19.2. The summed E-state index contributed by atoms with van der Waals surface area (Å²) in [5, 5.41) is 0.638. The van der Waals surface area contributed by atoms with Crippen molar-refractivity contribution >= 4 is 39.3 Å². The Labute approximate surface area is 166 Å². The molecule has 0 fully saturated rings. The molecule has 2 aromatic rings. The van der Waals surface area contributed by atoms with E-state index in [4.69, 9.17) is 16.3 Å². The van der Waals surface area contributed by atoms with Crippen LogP contribution >= 0.6 is 27.5 Å². The molecule has 1 aliphatic rings. The normalized spacial score (nSPS) is 17.0. The van der Waals surface area contributed by atoms with Gasteiger partial charge in [-0.1, -0.05) is 23.7 Å². The van der Waals surface area contributed by atoms with Gasteiger partial charge in [-0.15, -0.1) is 0 Å². The lowest BCUT2D eigenvalue weighted by Gasteiger charge is -2.38. The van der Waals surface area contributed by atoms with Crippen LogP contribution in [-0.4, -0.2) is 11.7 Å². The smallest absolute Gasteiger partial charge is 0.415 e. The van der Waals surface area contributed by atoms with Gasteiger partial charge in [0, 0.05) is 5.02 Å². The summed E-state index contributed by atoms with van der Waals surface area (Å²) in [5.74, 6) is -0.335. The van der Waals surface area contributed by atoms with Crippen LogP contribution in [0, 0.1) is 5.82 Å². The van der Waals surface area contributed by atoms with Gasteiger partial charge in [0.05, 0.1) is 16.2 Å². The Balaban J connectivity index is 2.08. The number of hydrogen-bond acceptors (Lipinski definition) is 2. The number of hydrogen-bond donors (Lipinski definition) is 0. The lowest BCUT2D eigenvalue weighted by Crippen LogP contribution is -2.42. The van der Waals surface area contributed by atoms with Crippen LogP contribution in [0.1, 0.15) is 44.4 Å². The number of carbonyl (C=O) groups excluding carboxylic acids is 1. The minimum atomic E-state index is -0.628. The van der Waals surface area contributed by atoms with Gasteiger partial charge >= 0.3 is 6.09 Å². The molecule has 138 valence electrons. The first-order valence-electron chi connectivity index (χ1n) is 8.41. The van der Waals surface area contributed by atoms with Crippen molar-refractivity contribution in [3.8, 4) is 0 Å². The number of halogens is 3. The molecule has 1 unspecified atom stereocenters. The van der Waals surface area contributed by atoms with Gasteiger partial charge in [0.15, 0.2) is 0 Å². The van der Waals surface area contributed by atoms with E-state index in [2.05, 4.69) is 15.9 Å². The molecule has 1 aliphatic heterocycles. The van der Waals surface area contributed by atoms with Crippen molar-refractivity contribution in [1.29, 1.82) is 0 Å². The fraction of sp³-hybridized carbons (Fsp3) is 0.350. The number of nitrogens with zero attached hydrogens (tertiary/aromatic N) is 1. The molecule has 3 nitrogen and oxygen atoms in total. The maximum atomic E-state index is 14.0.